The maximum atomic E-state index is 12.0. The highest BCUT2D eigenvalue weighted by Gasteiger charge is 2.33. The summed E-state index contributed by atoms with van der Waals surface area (Å²) in [6.45, 7) is 1.98. The van der Waals surface area contributed by atoms with E-state index in [1.807, 2.05) is 6.92 Å². The number of ketones is 1. The number of hydrogen-bond donors (Lipinski definition) is 1. The molecule has 1 unspecified atom stereocenters. The zero-order valence-electron chi connectivity index (χ0n) is 8.66. The van der Waals surface area contributed by atoms with E-state index in [1.54, 1.807) is 18.2 Å². The fourth-order valence-electron chi connectivity index (χ4n) is 1.79. The van der Waals surface area contributed by atoms with Crippen molar-refractivity contribution < 1.29 is 4.79 Å². The van der Waals surface area contributed by atoms with E-state index in [2.05, 4.69) is 0 Å². The molecule has 2 nitrogen and oxygen atoms in total. The molecular weight excluding hydrogens is 210 g/mol. The molecule has 2 N–H and O–H groups in total. The van der Waals surface area contributed by atoms with Crippen LogP contribution >= 0.6 is 11.6 Å². The van der Waals surface area contributed by atoms with Crippen LogP contribution in [0.2, 0.25) is 5.02 Å². The van der Waals surface area contributed by atoms with Crippen molar-refractivity contribution in [1.29, 1.82) is 0 Å². The first-order valence-electron chi connectivity index (χ1n) is 5.19. The second-order valence-electron chi connectivity index (χ2n) is 4.23. The van der Waals surface area contributed by atoms with Gasteiger partial charge in [-0.25, -0.2) is 0 Å². The molecule has 1 aliphatic carbocycles. The summed E-state index contributed by atoms with van der Waals surface area (Å²) in [5.41, 5.74) is 6.78. The van der Waals surface area contributed by atoms with Gasteiger partial charge in [-0.3, -0.25) is 4.79 Å². The smallest absolute Gasteiger partial charge is 0.167 e. The van der Waals surface area contributed by atoms with E-state index in [0.717, 1.165) is 0 Å². The van der Waals surface area contributed by atoms with Crippen molar-refractivity contribution in [3.8, 4) is 0 Å². The quantitative estimate of drug-likeness (QED) is 0.632. The van der Waals surface area contributed by atoms with E-state index >= 15 is 0 Å². The van der Waals surface area contributed by atoms with E-state index in [4.69, 9.17) is 17.3 Å². The van der Waals surface area contributed by atoms with E-state index in [1.165, 1.54) is 12.8 Å². The fourth-order valence-corrected chi connectivity index (χ4v) is 2.07. The van der Waals surface area contributed by atoms with Gasteiger partial charge in [0, 0.05) is 17.2 Å². The molecule has 1 atom stereocenters. The Morgan fingerprint density at radius 3 is 2.73 bits per heavy atom. The molecule has 0 aliphatic heterocycles. The molecule has 0 spiro atoms. The molecule has 1 aliphatic rings. The topological polar surface area (TPSA) is 43.1 Å². The highest BCUT2D eigenvalue weighted by atomic mass is 35.5. The highest BCUT2D eigenvalue weighted by Crippen LogP contribution is 2.38. The summed E-state index contributed by atoms with van der Waals surface area (Å²) < 4.78 is 0. The summed E-state index contributed by atoms with van der Waals surface area (Å²) in [7, 11) is 0. The minimum atomic E-state index is 0.0890. The number of anilines is 1. The number of nitrogen functional groups attached to an aromatic ring is 1. The van der Waals surface area contributed by atoms with Gasteiger partial charge in [0.05, 0.1) is 5.02 Å². The second kappa shape index (κ2) is 3.86. The summed E-state index contributed by atoms with van der Waals surface area (Å²) in [4.78, 5) is 12.0. The Kier molecular flexibility index (Phi) is 2.70. The predicted molar refractivity (Wildman–Crippen MR) is 62.1 cm³/mol. The molecule has 1 aromatic carbocycles. The van der Waals surface area contributed by atoms with Gasteiger partial charge in [-0.15, -0.1) is 0 Å². The van der Waals surface area contributed by atoms with Gasteiger partial charge in [0.1, 0.15) is 0 Å². The summed E-state index contributed by atoms with van der Waals surface area (Å²) >= 11 is 5.99. The average molecular weight is 224 g/mol. The molecule has 0 heterocycles. The summed E-state index contributed by atoms with van der Waals surface area (Å²) in [6.07, 6.45) is 2.33. The summed E-state index contributed by atoms with van der Waals surface area (Å²) in [5.74, 6) is 0.791. The second-order valence-corrected chi connectivity index (χ2v) is 4.64. The van der Waals surface area contributed by atoms with Gasteiger partial charge in [-0.2, -0.15) is 0 Å². The number of Topliss-reactive ketones (excluding diaryl/α,β-unsaturated/α-hetero) is 1. The van der Waals surface area contributed by atoms with Crippen LogP contribution in [-0.4, -0.2) is 5.78 Å². The number of rotatable bonds is 3. The standard InChI is InChI=1S/C12H14ClNO/c1-7(8-2-3-8)12(15)10-5-4-9(14)6-11(10)13/h4-8H,2-3,14H2,1H3. The summed E-state index contributed by atoms with van der Waals surface area (Å²) in [6, 6.07) is 5.08. The molecule has 2 rings (SSSR count). The van der Waals surface area contributed by atoms with Crippen LogP contribution in [0, 0.1) is 11.8 Å². The van der Waals surface area contributed by atoms with Crippen molar-refractivity contribution in [3.05, 3.63) is 28.8 Å². The number of halogens is 1. The van der Waals surface area contributed by atoms with Crippen LogP contribution < -0.4 is 5.73 Å². The van der Waals surface area contributed by atoms with E-state index < -0.39 is 0 Å². The molecule has 0 amide bonds. The van der Waals surface area contributed by atoms with Crippen LogP contribution in [0.1, 0.15) is 30.1 Å². The van der Waals surface area contributed by atoms with Crippen molar-refractivity contribution in [2.75, 3.05) is 5.73 Å². The van der Waals surface area contributed by atoms with Crippen molar-refractivity contribution in [1.82, 2.24) is 0 Å². The van der Waals surface area contributed by atoms with Crippen LogP contribution in [0.4, 0.5) is 5.69 Å². The van der Waals surface area contributed by atoms with Crippen LogP contribution in [0.25, 0.3) is 0 Å². The van der Waals surface area contributed by atoms with Crippen LogP contribution in [0.5, 0.6) is 0 Å². The lowest BCUT2D eigenvalue weighted by atomic mass is 9.95. The molecule has 1 fully saturated rings. The number of carbonyl (C=O) groups excluding carboxylic acids is 1. The van der Waals surface area contributed by atoms with Gasteiger partial charge < -0.3 is 5.73 Å². The van der Waals surface area contributed by atoms with E-state index in [-0.39, 0.29) is 11.7 Å². The zero-order chi connectivity index (χ0) is 11.0. The van der Waals surface area contributed by atoms with Gasteiger partial charge in [0.2, 0.25) is 0 Å². The first-order chi connectivity index (χ1) is 7.09. The Labute approximate surface area is 94.4 Å². The average Bonchev–Trinajstić information content (AvgIpc) is 2.99. The number of carbonyl (C=O) groups is 1. The van der Waals surface area contributed by atoms with Gasteiger partial charge >= 0.3 is 0 Å². The van der Waals surface area contributed by atoms with Crippen molar-refractivity contribution in [2.24, 2.45) is 11.8 Å². The molecule has 0 radical (unpaired) electrons. The molecule has 1 aromatic rings. The molecule has 15 heavy (non-hydrogen) atoms. The third kappa shape index (κ3) is 2.15. The first-order valence-corrected chi connectivity index (χ1v) is 5.56. The van der Waals surface area contributed by atoms with Crippen molar-refractivity contribution >= 4 is 23.1 Å². The largest absolute Gasteiger partial charge is 0.399 e. The lowest BCUT2D eigenvalue weighted by Crippen LogP contribution is -2.13. The van der Waals surface area contributed by atoms with Crippen molar-refractivity contribution in [2.45, 2.75) is 19.8 Å². The molecule has 1 saturated carbocycles. The van der Waals surface area contributed by atoms with Crippen LogP contribution in [0.3, 0.4) is 0 Å². The number of benzene rings is 1. The molecule has 0 aromatic heterocycles. The van der Waals surface area contributed by atoms with E-state index in [0.29, 0.717) is 22.2 Å². The Bertz CT molecular complexity index is 399. The van der Waals surface area contributed by atoms with Gasteiger partial charge in [0.15, 0.2) is 5.78 Å². The Morgan fingerprint density at radius 1 is 1.53 bits per heavy atom. The van der Waals surface area contributed by atoms with Crippen LogP contribution in [0.15, 0.2) is 18.2 Å². The summed E-state index contributed by atoms with van der Waals surface area (Å²) in [5, 5.41) is 0.465. The van der Waals surface area contributed by atoms with E-state index in [9.17, 15) is 4.79 Å². The third-order valence-corrected chi connectivity index (χ3v) is 3.31. The Morgan fingerprint density at radius 2 is 2.20 bits per heavy atom. The fraction of sp³-hybridized carbons (Fsp3) is 0.417. The normalized spacial score (nSPS) is 17.5. The van der Waals surface area contributed by atoms with Gasteiger partial charge in [-0.05, 0) is 37.0 Å². The minimum absolute atomic E-state index is 0.0890. The lowest BCUT2D eigenvalue weighted by Gasteiger charge is -2.10. The maximum absolute atomic E-state index is 12.0. The Balaban J connectivity index is 2.24. The van der Waals surface area contributed by atoms with Gasteiger partial charge in [-0.1, -0.05) is 18.5 Å². The predicted octanol–water partition coefficient (Wildman–Crippen LogP) is 3.15. The minimum Gasteiger partial charge on any atom is -0.399 e. The Hall–Kier alpha value is -1.02. The number of hydrogen-bond acceptors (Lipinski definition) is 2. The van der Waals surface area contributed by atoms with Gasteiger partial charge in [0.25, 0.3) is 0 Å². The number of nitrogens with two attached hydrogens (primary N) is 1. The van der Waals surface area contributed by atoms with Crippen LogP contribution in [-0.2, 0) is 0 Å². The molecule has 0 saturated heterocycles. The maximum Gasteiger partial charge on any atom is 0.167 e. The first kappa shape index (κ1) is 10.5. The lowest BCUT2D eigenvalue weighted by molar-refractivity contribution is 0.0916. The molecular formula is C12H14ClNO. The molecule has 3 heteroatoms. The SMILES string of the molecule is CC(C(=O)c1ccc(N)cc1Cl)C1CC1. The molecule has 80 valence electrons. The van der Waals surface area contributed by atoms with Crippen molar-refractivity contribution in [3.63, 3.8) is 0 Å². The monoisotopic (exact) mass is 223 g/mol. The molecule has 0 bridgehead atoms. The third-order valence-electron chi connectivity index (χ3n) is 3.00. The zero-order valence-corrected chi connectivity index (χ0v) is 9.42. The highest BCUT2D eigenvalue weighted by molar-refractivity contribution is 6.34.